The average molecular weight is 488 g/mol. The van der Waals surface area contributed by atoms with Gasteiger partial charge in [-0.1, -0.05) is 73.5 Å². The molecule has 0 saturated carbocycles. The highest BCUT2D eigenvalue weighted by atomic mass is 32.2. The Balaban J connectivity index is 0.000000363. The summed E-state index contributed by atoms with van der Waals surface area (Å²) in [5.41, 5.74) is 4.85. The number of methoxy groups -OCH3 is 1. The summed E-state index contributed by atoms with van der Waals surface area (Å²) >= 11 is -2.23. The van der Waals surface area contributed by atoms with Crippen molar-refractivity contribution in [3.63, 3.8) is 0 Å². The summed E-state index contributed by atoms with van der Waals surface area (Å²) in [7, 11) is 1.66. The van der Waals surface area contributed by atoms with Crippen molar-refractivity contribution in [2.45, 2.75) is 38.0 Å². The quantitative estimate of drug-likeness (QED) is 0.267. The molecule has 0 heterocycles. The standard InChI is InChI=1S/C22H22O4S.C8H10/c1-22(2,16-4-8-18(25-3)9-5-16)17-6-10-19(11-7-17)26-20-12-14-21(15-13-20)27(23)24;1-7-3-5-8(2)6-4-7/h4-15H,1-3H3,(H,23,24);3-6H,1-2H3/p-1. The van der Waals surface area contributed by atoms with Gasteiger partial charge in [-0.05, 0) is 84.6 Å². The second-order valence-electron chi connectivity index (χ2n) is 8.84. The molecule has 0 aromatic heterocycles. The Morgan fingerprint density at radius 2 is 1.00 bits per heavy atom. The molecule has 4 aromatic rings. The normalized spacial score (nSPS) is 11.7. The molecule has 4 aromatic carbocycles. The smallest absolute Gasteiger partial charge is 0.127 e. The van der Waals surface area contributed by atoms with Crippen molar-refractivity contribution in [2.75, 3.05) is 7.11 Å². The van der Waals surface area contributed by atoms with E-state index in [0.717, 1.165) is 11.3 Å². The van der Waals surface area contributed by atoms with Crippen molar-refractivity contribution >= 4 is 11.1 Å². The molecule has 35 heavy (non-hydrogen) atoms. The van der Waals surface area contributed by atoms with Crippen LogP contribution in [0.1, 0.15) is 36.1 Å². The fourth-order valence-electron chi connectivity index (χ4n) is 3.51. The van der Waals surface area contributed by atoms with E-state index in [1.165, 1.54) is 28.8 Å². The molecule has 0 fully saturated rings. The van der Waals surface area contributed by atoms with Crippen LogP contribution in [-0.4, -0.2) is 15.9 Å². The van der Waals surface area contributed by atoms with E-state index in [0.29, 0.717) is 11.5 Å². The molecular weight excluding hydrogens is 456 g/mol. The molecule has 182 valence electrons. The molecular formula is C30H31O4S-. The topological polar surface area (TPSA) is 58.6 Å². The molecule has 0 aliphatic rings. The van der Waals surface area contributed by atoms with Crippen LogP contribution in [0, 0.1) is 13.8 Å². The average Bonchev–Trinajstić information content (AvgIpc) is 2.87. The molecule has 0 N–H and O–H groups in total. The van der Waals surface area contributed by atoms with Gasteiger partial charge in [-0.3, -0.25) is 4.21 Å². The monoisotopic (exact) mass is 487 g/mol. The molecule has 1 atom stereocenters. The van der Waals surface area contributed by atoms with Gasteiger partial charge in [0.1, 0.15) is 17.2 Å². The van der Waals surface area contributed by atoms with Gasteiger partial charge in [-0.2, -0.15) is 0 Å². The van der Waals surface area contributed by atoms with Gasteiger partial charge in [0.2, 0.25) is 0 Å². The third-order valence-corrected chi connectivity index (χ3v) is 6.51. The van der Waals surface area contributed by atoms with Crippen LogP contribution in [-0.2, 0) is 16.5 Å². The Labute approximate surface area is 210 Å². The first-order valence-electron chi connectivity index (χ1n) is 11.3. The summed E-state index contributed by atoms with van der Waals surface area (Å²) in [5.74, 6) is 2.12. The van der Waals surface area contributed by atoms with Gasteiger partial charge >= 0.3 is 0 Å². The number of hydrogen-bond donors (Lipinski definition) is 0. The minimum Gasteiger partial charge on any atom is -0.768 e. The van der Waals surface area contributed by atoms with Gasteiger partial charge in [0.25, 0.3) is 0 Å². The van der Waals surface area contributed by atoms with Crippen molar-refractivity contribution in [3.05, 3.63) is 119 Å². The number of benzene rings is 4. The Morgan fingerprint density at radius 3 is 1.37 bits per heavy atom. The Hall–Kier alpha value is -3.41. The van der Waals surface area contributed by atoms with E-state index in [1.807, 2.05) is 36.4 Å². The minimum atomic E-state index is -2.23. The summed E-state index contributed by atoms with van der Waals surface area (Å²) in [5, 5.41) is 0. The van der Waals surface area contributed by atoms with Crippen LogP contribution in [0.25, 0.3) is 0 Å². The zero-order chi connectivity index (χ0) is 25.4. The van der Waals surface area contributed by atoms with E-state index in [-0.39, 0.29) is 10.3 Å². The molecule has 0 aliphatic carbocycles. The molecule has 0 saturated heterocycles. The SMILES string of the molecule is COc1ccc(C(C)(C)c2ccc(Oc3ccc(S(=O)[O-])cc3)cc2)cc1.Cc1ccc(C)cc1. The second-order valence-corrected chi connectivity index (χ2v) is 9.78. The highest BCUT2D eigenvalue weighted by molar-refractivity contribution is 7.79. The molecule has 1 unspecified atom stereocenters. The molecule has 4 rings (SSSR count). The lowest BCUT2D eigenvalue weighted by molar-refractivity contribution is 0.414. The predicted octanol–water partition coefficient (Wildman–Crippen LogP) is 7.35. The number of hydrogen-bond acceptors (Lipinski definition) is 4. The van der Waals surface area contributed by atoms with Crippen LogP contribution in [0.4, 0.5) is 0 Å². The maximum atomic E-state index is 10.9. The Kier molecular flexibility index (Phi) is 8.85. The predicted molar refractivity (Wildman–Crippen MR) is 141 cm³/mol. The summed E-state index contributed by atoms with van der Waals surface area (Å²) < 4.78 is 32.8. The van der Waals surface area contributed by atoms with Crippen LogP contribution in [0.15, 0.2) is 102 Å². The Morgan fingerprint density at radius 1 is 0.629 bits per heavy atom. The lowest BCUT2D eigenvalue weighted by atomic mass is 9.78. The van der Waals surface area contributed by atoms with E-state index in [9.17, 15) is 8.76 Å². The van der Waals surface area contributed by atoms with Crippen LogP contribution in [0.3, 0.4) is 0 Å². The summed E-state index contributed by atoms with van der Waals surface area (Å²) in [6.07, 6.45) is 0. The van der Waals surface area contributed by atoms with Crippen molar-refractivity contribution in [3.8, 4) is 17.2 Å². The van der Waals surface area contributed by atoms with Gasteiger partial charge in [0.15, 0.2) is 0 Å². The zero-order valence-corrected chi connectivity index (χ0v) is 21.6. The first-order valence-corrected chi connectivity index (χ1v) is 12.4. The van der Waals surface area contributed by atoms with Crippen molar-refractivity contribution in [1.82, 2.24) is 0 Å². The molecule has 0 radical (unpaired) electrons. The maximum absolute atomic E-state index is 10.9. The molecule has 5 heteroatoms. The Bertz CT molecular complexity index is 1210. The molecule has 0 bridgehead atoms. The molecule has 0 spiro atoms. The fourth-order valence-corrected chi connectivity index (χ4v) is 3.86. The summed E-state index contributed by atoms with van der Waals surface area (Å²) in [6, 6.07) is 30.8. The lowest BCUT2D eigenvalue weighted by Crippen LogP contribution is -2.18. The molecule has 4 nitrogen and oxygen atoms in total. The van der Waals surface area contributed by atoms with Gasteiger partial charge in [-0.25, -0.2) is 0 Å². The third kappa shape index (κ3) is 7.28. The number of rotatable bonds is 6. The van der Waals surface area contributed by atoms with E-state index in [4.69, 9.17) is 9.47 Å². The first kappa shape index (κ1) is 26.2. The minimum absolute atomic E-state index is 0.162. The highest BCUT2D eigenvalue weighted by Gasteiger charge is 2.23. The van der Waals surface area contributed by atoms with Crippen LogP contribution < -0.4 is 9.47 Å². The summed E-state index contributed by atoms with van der Waals surface area (Å²) in [4.78, 5) is 0.235. The van der Waals surface area contributed by atoms with Crippen molar-refractivity contribution in [2.24, 2.45) is 0 Å². The van der Waals surface area contributed by atoms with E-state index >= 15 is 0 Å². The van der Waals surface area contributed by atoms with Crippen LogP contribution in [0.5, 0.6) is 17.2 Å². The zero-order valence-electron chi connectivity index (χ0n) is 20.8. The third-order valence-electron chi connectivity index (χ3n) is 5.86. The number of aryl methyl sites for hydroxylation is 2. The van der Waals surface area contributed by atoms with Gasteiger partial charge < -0.3 is 14.0 Å². The van der Waals surface area contributed by atoms with E-state index in [1.54, 1.807) is 19.2 Å². The van der Waals surface area contributed by atoms with E-state index in [2.05, 4.69) is 64.1 Å². The molecule has 0 amide bonds. The van der Waals surface area contributed by atoms with Gasteiger partial charge in [-0.15, -0.1) is 0 Å². The van der Waals surface area contributed by atoms with E-state index < -0.39 is 11.1 Å². The number of ether oxygens (including phenoxy) is 2. The maximum Gasteiger partial charge on any atom is 0.127 e. The lowest BCUT2D eigenvalue weighted by Gasteiger charge is -2.26. The summed E-state index contributed by atoms with van der Waals surface area (Å²) in [6.45, 7) is 8.54. The van der Waals surface area contributed by atoms with Crippen LogP contribution >= 0.6 is 0 Å². The molecule has 0 aliphatic heterocycles. The highest BCUT2D eigenvalue weighted by Crippen LogP contribution is 2.34. The van der Waals surface area contributed by atoms with Crippen LogP contribution in [0.2, 0.25) is 0 Å². The van der Waals surface area contributed by atoms with Crippen molar-refractivity contribution < 1.29 is 18.2 Å². The van der Waals surface area contributed by atoms with Crippen molar-refractivity contribution in [1.29, 1.82) is 0 Å². The second kappa shape index (κ2) is 11.8. The fraction of sp³-hybridized carbons (Fsp3) is 0.200. The van der Waals surface area contributed by atoms with Gasteiger partial charge in [0, 0.05) is 10.3 Å². The van der Waals surface area contributed by atoms with Gasteiger partial charge in [0.05, 0.1) is 7.11 Å². The first-order chi connectivity index (χ1) is 16.7. The largest absolute Gasteiger partial charge is 0.768 e.